The standard InChI is InChI=1S/C14H15FN2/c1-3-10-7-12(16)8-17-14(10)11-4-5-13(15)9(2)6-11/h4-8H,3,16H2,1-2H3. The molecule has 0 saturated heterocycles. The molecule has 2 aromatic rings. The lowest BCUT2D eigenvalue weighted by Crippen LogP contribution is -1.96. The van der Waals surface area contributed by atoms with Gasteiger partial charge in [0.15, 0.2) is 0 Å². The van der Waals surface area contributed by atoms with Crippen LogP contribution in [0.15, 0.2) is 30.5 Å². The molecule has 0 aliphatic carbocycles. The van der Waals surface area contributed by atoms with E-state index < -0.39 is 0 Å². The van der Waals surface area contributed by atoms with E-state index in [1.54, 1.807) is 19.2 Å². The zero-order valence-corrected chi connectivity index (χ0v) is 10.00. The van der Waals surface area contributed by atoms with E-state index in [1.807, 2.05) is 12.1 Å². The van der Waals surface area contributed by atoms with Crippen LogP contribution in [0.5, 0.6) is 0 Å². The monoisotopic (exact) mass is 230 g/mol. The molecule has 2 rings (SSSR count). The molecule has 0 radical (unpaired) electrons. The van der Waals surface area contributed by atoms with Crippen LogP contribution in [0, 0.1) is 12.7 Å². The van der Waals surface area contributed by atoms with Crippen LogP contribution in [0.4, 0.5) is 10.1 Å². The van der Waals surface area contributed by atoms with Gasteiger partial charge in [-0.3, -0.25) is 4.98 Å². The summed E-state index contributed by atoms with van der Waals surface area (Å²) in [6, 6.07) is 6.95. The van der Waals surface area contributed by atoms with Crippen LogP contribution in [0.1, 0.15) is 18.1 Å². The lowest BCUT2D eigenvalue weighted by Gasteiger charge is -2.09. The number of rotatable bonds is 2. The lowest BCUT2D eigenvalue weighted by molar-refractivity contribution is 0.618. The molecule has 0 aliphatic rings. The molecule has 2 N–H and O–H groups in total. The van der Waals surface area contributed by atoms with E-state index in [0.717, 1.165) is 23.2 Å². The van der Waals surface area contributed by atoms with Gasteiger partial charge in [-0.15, -0.1) is 0 Å². The minimum Gasteiger partial charge on any atom is -0.397 e. The van der Waals surface area contributed by atoms with Crippen LogP contribution < -0.4 is 5.73 Å². The first-order valence-corrected chi connectivity index (χ1v) is 5.62. The van der Waals surface area contributed by atoms with E-state index in [1.165, 1.54) is 6.07 Å². The quantitative estimate of drug-likeness (QED) is 0.859. The number of hydrogen-bond donors (Lipinski definition) is 1. The van der Waals surface area contributed by atoms with Crippen molar-refractivity contribution in [3.8, 4) is 11.3 Å². The fourth-order valence-electron chi connectivity index (χ4n) is 1.85. The number of aromatic nitrogens is 1. The Kier molecular flexibility index (Phi) is 3.09. The Morgan fingerprint density at radius 1 is 1.29 bits per heavy atom. The highest BCUT2D eigenvalue weighted by Gasteiger charge is 2.07. The molecule has 1 aromatic carbocycles. The van der Waals surface area contributed by atoms with Gasteiger partial charge in [-0.05, 0) is 48.7 Å². The summed E-state index contributed by atoms with van der Waals surface area (Å²) >= 11 is 0. The minimum absolute atomic E-state index is 0.192. The van der Waals surface area contributed by atoms with E-state index in [4.69, 9.17) is 5.73 Å². The first kappa shape index (κ1) is 11.6. The van der Waals surface area contributed by atoms with E-state index >= 15 is 0 Å². The molecular formula is C14H15FN2. The third-order valence-corrected chi connectivity index (χ3v) is 2.80. The molecule has 0 bridgehead atoms. The number of pyridine rings is 1. The van der Waals surface area contributed by atoms with E-state index in [0.29, 0.717) is 11.3 Å². The van der Waals surface area contributed by atoms with Gasteiger partial charge in [-0.2, -0.15) is 0 Å². The van der Waals surface area contributed by atoms with Gasteiger partial charge < -0.3 is 5.73 Å². The molecule has 88 valence electrons. The van der Waals surface area contributed by atoms with Crippen LogP contribution in [-0.4, -0.2) is 4.98 Å². The number of nitrogens with two attached hydrogens (primary N) is 1. The zero-order valence-electron chi connectivity index (χ0n) is 10.00. The number of benzene rings is 1. The van der Waals surface area contributed by atoms with Gasteiger partial charge in [0.1, 0.15) is 5.82 Å². The SMILES string of the molecule is CCc1cc(N)cnc1-c1ccc(F)c(C)c1. The maximum absolute atomic E-state index is 13.2. The molecule has 17 heavy (non-hydrogen) atoms. The van der Waals surface area contributed by atoms with Crippen LogP contribution in [-0.2, 0) is 6.42 Å². The van der Waals surface area contributed by atoms with Crippen molar-refractivity contribution in [2.75, 3.05) is 5.73 Å². The average Bonchev–Trinajstić information content (AvgIpc) is 2.32. The summed E-state index contributed by atoms with van der Waals surface area (Å²) in [5.74, 6) is -0.192. The third kappa shape index (κ3) is 2.28. The largest absolute Gasteiger partial charge is 0.397 e. The Bertz CT molecular complexity index is 550. The van der Waals surface area contributed by atoms with Crippen LogP contribution in [0.3, 0.4) is 0 Å². The molecule has 0 amide bonds. The molecule has 3 heteroatoms. The summed E-state index contributed by atoms with van der Waals surface area (Å²) in [7, 11) is 0. The number of hydrogen-bond acceptors (Lipinski definition) is 2. The molecule has 0 fully saturated rings. The molecule has 0 atom stereocenters. The fourth-order valence-corrected chi connectivity index (χ4v) is 1.85. The predicted octanol–water partition coefficient (Wildman–Crippen LogP) is 3.34. The highest BCUT2D eigenvalue weighted by Crippen LogP contribution is 2.25. The molecular weight excluding hydrogens is 215 g/mol. The highest BCUT2D eigenvalue weighted by atomic mass is 19.1. The summed E-state index contributed by atoms with van der Waals surface area (Å²) in [6.45, 7) is 3.80. The van der Waals surface area contributed by atoms with Crippen molar-refractivity contribution in [2.45, 2.75) is 20.3 Å². The van der Waals surface area contributed by atoms with Crippen molar-refractivity contribution >= 4 is 5.69 Å². The Hall–Kier alpha value is -1.90. The maximum Gasteiger partial charge on any atom is 0.126 e. The van der Waals surface area contributed by atoms with E-state index in [-0.39, 0.29) is 5.82 Å². The molecule has 0 aliphatic heterocycles. The smallest absolute Gasteiger partial charge is 0.126 e. The van der Waals surface area contributed by atoms with Gasteiger partial charge in [0, 0.05) is 5.56 Å². The normalized spacial score (nSPS) is 10.5. The van der Waals surface area contributed by atoms with Crippen LogP contribution >= 0.6 is 0 Å². The number of nitrogens with zero attached hydrogens (tertiary/aromatic N) is 1. The minimum atomic E-state index is -0.192. The average molecular weight is 230 g/mol. The van der Waals surface area contributed by atoms with E-state index in [2.05, 4.69) is 11.9 Å². The number of halogens is 1. The third-order valence-electron chi connectivity index (χ3n) is 2.80. The van der Waals surface area contributed by atoms with Crippen molar-refractivity contribution in [1.82, 2.24) is 4.98 Å². The van der Waals surface area contributed by atoms with Gasteiger partial charge in [-0.25, -0.2) is 4.39 Å². The Balaban J connectivity index is 2.55. The summed E-state index contributed by atoms with van der Waals surface area (Å²) in [5, 5.41) is 0. The molecule has 1 heterocycles. The highest BCUT2D eigenvalue weighted by molar-refractivity contribution is 5.65. The summed E-state index contributed by atoms with van der Waals surface area (Å²) in [4.78, 5) is 4.34. The molecule has 2 nitrogen and oxygen atoms in total. The zero-order chi connectivity index (χ0) is 12.4. The van der Waals surface area contributed by atoms with Crippen molar-refractivity contribution in [3.05, 3.63) is 47.4 Å². The Labute approximate surface area is 100 Å². The van der Waals surface area contributed by atoms with Crippen molar-refractivity contribution in [3.63, 3.8) is 0 Å². The molecule has 0 saturated carbocycles. The van der Waals surface area contributed by atoms with Crippen molar-refractivity contribution < 1.29 is 4.39 Å². The molecule has 0 unspecified atom stereocenters. The van der Waals surface area contributed by atoms with Crippen molar-refractivity contribution in [1.29, 1.82) is 0 Å². The Morgan fingerprint density at radius 3 is 2.71 bits per heavy atom. The molecule has 1 aromatic heterocycles. The fraction of sp³-hybridized carbons (Fsp3) is 0.214. The van der Waals surface area contributed by atoms with Gasteiger partial charge in [0.05, 0.1) is 17.6 Å². The summed E-state index contributed by atoms with van der Waals surface area (Å²) in [6.07, 6.45) is 2.48. The lowest BCUT2D eigenvalue weighted by atomic mass is 10.0. The van der Waals surface area contributed by atoms with Crippen molar-refractivity contribution in [2.24, 2.45) is 0 Å². The van der Waals surface area contributed by atoms with Gasteiger partial charge in [0.2, 0.25) is 0 Å². The van der Waals surface area contributed by atoms with Crippen LogP contribution in [0.25, 0.3) is 11.3 Å². The predicted molar refractivity (Wildman–Crippen MR) is 68.2 cm³/mol. The second-order valence-corrected chi connectivity index (χ2v) is 4.09. The van der Waals surface area contributed by atoms with Gasteiger partial charge in [0.25, 0.3) is 0 Å². The maximum atomic E-state index is 13.2. The van der Waals surface area contributed by atoms with E-state index in [9.17, 15) is 4.39 Å². The second-order valence-electron chi connectivity index (χ2n) is 4.09. The topological polar surface area (TPSA) is 38.9 Å². The Morgan fingerprint density at radius 2 is 2.06 bits per heavy atom. The molecule has 0 spiro atoms. The number of anilines is 1. The summed E-state index contributed by atoms with van der Waals surface area (Å²) in [5.41, 5.74) is 9.89. The number of nitrogen functional groups attached to an aromatic ring is 1. The van der Waals surface area contributed by atoms with Crippen LogP contribution in [0.2, 0.25) is 0 Å². The first-order chi connectivity index (χ1) is 8.11. The number of aryl methyl sites for hydroxylation is 2. The summed E-state index contributed by atoms with van der Waals surface area (Å²) < 4.78 is 13.2. The van der Waals surface area contributed by atoms with Gasteiger partial charge in [-0.1, -0.05) is 6.92 Å². The van der Waals surface area contributed by atoms with Gasteiger partial charge >= 0.3 is 0 Å². The second kappa shape index (κ2) is 4.53. The first-order valence-electron chi connectivity index (χ1n) is 5.62.